The Morgan fingerprint density at radius 1 is 0.743 bits per heavy atom. The molecule has 3 aliphatic rings. The number of amides is 1. The van der Waals surface area contributed by atoms with Gasteiger partial charge in [-0.05, 0) is 13.8 Å². The maximum absolute atomic E-state index is 11.7. The molecule has 3 saturated heterocycles. The zero-order valence-electron chi connectivity index (χ0n) is 19.4. The number of nitrogens with one attached hydrogen (secondary N) is 1. The molecule has 0 radical (unpaired) electrons. The third kappa shape index (κ3) is 5.93. The van der Waals surface area contributed by atoms with Gasteiger partial charge in [0.1, 0.15) is 61.0 Å². The van der Waals surface area contributed by atoms with Crippen LogP contribution in [-0.2, 0) is 28.5 Å². The van der Waals surface area contributed by atoms with E-state index in [4.69, 9.17) is 23.7 Å². The summed E-state index contributed by atoms with van der Waals surface area (Å²) in [7, 11) is 0. The number of carbonyl (C=O) groups excluding carboxylic acids is 1. The summed E-state index contributed by atoms with van der Waals surface area (Å²) < 4.78 is 27.6. The highest BCUT2D eigenvalue weighted by Crippen LogP contribution is 2.32. The molecule has 0 aromatic rings. The lowest BCUT2D eigenvalue weighted by Gasteiger charge is -2.48. The Hall–Kier alpha value is -1.05. The van der Waals surface area contributed by atoms with E-state index in [0.717, 1.165) is 6.92 Å². The molecule has 15 atom stereocenters. The Morgan fingerprint density at radius 2 is 1.29 bits per heavy atom. The van der Waals surface area contributed by atoms with Crippen LogP contribution in [0.15, 0.2) is 0 Å². The van der Waals surface area contributed by atoms with Crippen molar-refractivity contribution in [2.75, 3.05) is 6.61 Å². The molecule has 35 heavy (non-hydrogen) atoms. The largest absolute Gasteiger partial charge is 0.394 e. The zero-order valence-corrected chi connectivity index (χ0v) is 19.4. The second-order valence-corrected chi connectivity index (χ2v) is 9.04. The molecule has 0 spiro atoms. The lowest BCUT2D eigenvalue weighted by Crippen LogP contribution is -2.68. The maximum atomic E-state index is 11.7. The maximum Gasteiger partial charge on any atom is 0.217 e. The predicted octanol–water partition coefficient (Wildman–Crippen LogP) is -5.37. The molecule has 0 aliphatic carbocycles. The average molecular weight is 513 g/mol. The normalized spacial score (nSPS) is 51.1. The van der Waals surface area contributed by atoms with E-state index in [1.54, 1.807) is 0 Å². The monoisotopic (exact) mass is 513 g/mol. The molecule has 15 heteroatoms. The SMILES string of the molecule is CC(=O)N[C@@H]1[C@@H](O[C@@H]2O[C@@H](C)[C@H](O)[C@@H](O)[C@H]2O[C@@H]2O[C@@H](C)[C@H](O)[C@@H](O)[C@H]2O)[C@H](O)[C@@H](CO)O[C@H]1O. The second-order valence-electron chi connectivity index (χ2n) is 9.04. The van der Waals surface area contributed by atoms with Crippen molar-refractivity contribution < 1.29 is 69.3 Å². The number of carbonyl (C=O) groups is 1. The van der Waals surface area contributed by atoms with E-state index in [9.17, 15) is 45.6 Å². The van der Waals surface area contributed by atoms with Gasteiger partial charge >= 0.3 is 0 Å². The van der Waals surface area contributed by atoms with Crippen molar-refractivity contribution >= 4 is 5.91 Å². The Kier molecular flexibility index (Phi) is 9.42. The molecule has 0 aromatic carbocycles. The van der Waals surface area contributed by atoms with Crippen LogP contribution in [0.5, 0.6) is 0 Å². The van der Waals surface area contributed by atoms with Crippen LogP contribution in [0.1, 0.15) is 20.8 Å². The van der Waals surface area contributed by atoms with Crippen molar-refractivity contribution in [2.24, 2.45) is 0 Å². The molecule has 9 N–H and O–H groups in total. The summed E-state index contributed by atoms with van der Waals surface area (Å²) in [5, 5.41) is 84.2. The van der Waals surface area contributed by atoms with Crippen molar-refractivity contribution in [3.05, 3.63) is 0 Å². The predicted molar refractivity (Wildman–Crippen MR) is 110 cm³/mol. The van der Waals surface area contributed by atoms with Gasteiger partial charge in [-0.2, -0.15) is 0 Å². The van der Waals surface area contributed by atoms with Crippen LogP contribution in [0.2, 0.25) is 0 Å². The Bertz CT molecular complexity index is 715. The highest BCUT2D eigenvalue weighted by atomic mass is 16.8. The minimum atomic E-state index is -1.74. The van der Waals surface area contributed by atoms with Gasteiger partial charge in [0.15, 0.2) is 18.9 Å². The van der Waals surface area contributed by atoms with Gasteiger partial charge in [0.2, 0.25) is 5.91 Å². The van der Waals surface area contributed by atoms with Crippen LogP contribution in [0, 0.1) is 0 Å². The first-order chi connectivity index (χ1) is 16.4. The van der Waals surface area contributed by atoms with Crippen LogP contribution in [0.3, 0.4) is 0 Å². The van der Waals surface area contributed by atoms with Crippen molar-refractivity contribution in [1.29, 1.82) is 0 Å². The lowest BCUT2D eigenvalue weighted by molar-refractivity contribution is -0.377. The van der Waals surface area contributed by atoms with E-state index < -0.39 is 105 Å². The number of aliphatic hydroxyl groups excluding tert-OH is 8. The summed E-state index contributed by atoms with van der Waals surface area (Å²) in [4.78, 5) is 11.7. The van der Waals surface area contributed by atoms with Crippen LogP contribution in [0.25, 0.3) is 0 Å². The number of aliphatic hydroxyl groups is 8. The van der Waals surface area contributed by atoms with Crippen LogP contribution < -0.4 is 5.32 Å². The molecule has 0 saturated carbocycles. The summed E-state index contributed by atoms with van der Waals surface area (Å²) in [5.41, 5.74) is 0. The topological polar surface area (TPSA) is 237 Å². The number of hydrogen-bond acceptors (Lipinski definition) is 14. The van der Waals surface area contributed by atoms with Gasteiger partial charge < -0.3 is 69.9 Å². The minimum Gasteiger partial charge on any atom is -0.394 e. The molecule has 0 bridgehead atoms. The number of ether oxygens (including phenoxy) is 5. The van der Waals surface area contributed by atoms with Gasteiger partial charge in [-0.3, -0.25) is 4.79 Å². The Labute approximate surface area is 200 Å². The molecule has 1 amide bonds. The van der Waals surface area contributed by atoms with Crippen molar-refractivity contribution in [2.45, 2.75) is 113 Å². The first-order valence-electron chi connectivity index (χ1n) is 11.3. The molecular formula is C20H35NO14. The van der Waals surface area contributed by atoms with E-state index in [1.807, 2.05) is 0 Å². The molecule has 3 aliphatic heterocycles. The lowest BCUT2D eigenvalue weighted by atomic mass is 9.95. The molecule has 3 heterocycles. The van der Waals surface area contributed by atoms with E-state index in [1.165, 1.54) is 13.8 Å². The zero-order chi connectivity index (χ0) is 26.2. The van der Waals surface area contributed by atoms with Gasteiger partial charge in [0.25, 0.3) is 0 Å². The Balaban J connectivity index is 1.86. The summed E-state index contributed by atoms with van der Waals surface area (Å²) >= 11 is 0. The molecule has 15 nitrogen and oxygen atoms in total. The first kappa shape index (κ1) is 28.5. The summed E-state index contributed by atoms with van der Waals surface area (Å²) in [5.74, 6) is -0.595. The van der Waals surface area contributed by atoms with Gasteiger partial charge in [-0.25, -0.2) is 0 Å². The summed E-state index contributed by atoms with van der Waals surface area (Å²) in [6.45, 7) is 3.30. The van der Waals surface area contributed by atoms with Gasteiger partial charge in [-0.15, -0.1) is 0 Å². The van der Waals surface area contributed by atoms with Gasteiger partial charge in [0, 0.05) is 6.92 Å². The highest BCUT2D eigenvalue weighted by molar-refractivity contribution is 5.73. The van der Waals surface area contributed by atoms with E-state index in [0.29, 0.717) is 0 Å². The molecule has 0 aromatic heterocycles. The van der Waals surface area contributed by atoms with Gasteiger partial charge in [0.05, 0.1) is 18.8 Å². The van der Waals surface area contributed by atoms with E-state index in [2.05, 4.69) is 5.32 Å². The third-order valence-electron chi connectivity index (χ3n) is 6.42. The minimum absolute atomic E-state index is 0.595. The number of rotatable bonds is 6. The van der Waals surface area contributed by atoms with Crippen LogP contribution in [-0.4, -0.2) is 145 Å². The van der Waals surface area contributed by atoms with Crippen LogP contribution >= 0.6 is 0 Å². The number of hydrogen-bond donors (Lipinski definition) is 9. The summed E-state index contributed by atoms with van der Waals surface area (Å²) in [6.07, 6.45) is -20.7. The first-order valence-corrected chi connectivity index (χ1v) is 11.3. The highest BCUT2D eigenvalue weighted by Gasteiger charge is 2.53. The van der Waals surface area contributed by atoms with Crippen LogP contribution in [0.4, 0.5) is 0 Å². The fourth-order valence-electron chi connectivity index (χ4n) is 4.33. The Morgan fingerprint density at radius 3 is 1.86 bits per heavy atom. The van der Waals surface area contributed by atoms with Gasteiger partial charge in [-0.1, -0.05) is 0 Å². The quantitative estimate of drug-likeness (QED) is 0.161. The fraction of sp³-hybridized carbons (Fsp3) is 0.950. The van der Waals surface area contributed by atoms with Crippen molar-refractivity contribution in [3.8, 4) is 0 Å². The molecule has 3 fully saturated rings. The molecule has 0 unspecified atom stereocenters. The van der Waals surface area contributed by atoms with Crippen molar-refractivity contribution in [1.82, 2.24) is 5.32 Å². The average Bonchev–Trinajstić information content (AvgIpc) is 2.80. The standard InChI is InChI=1S/C20H35NO14/c1-5-10(24)13(27)15(29)19(31-5)35-17-14(28)11(25)6(2)32-20(17)34-16-9(21-7(3)23)18(30)33-8(4-22)12(16)26/h5-6,8-20,22,24-30H,4H2,1-3H3,(H,21,23)/t5-,6-,8+,9+,10-,11-,12+,13+,14+,15+,16+,17+,18+,19-,20-/m0/s1. The van der Waals surface area contributed by atoms with E-state index >= 15 is 0 Å². The molecule has 204 valence electrons. The smallest absolute Gasteiger partial charge is 0.217 e. The third-order valence-corrected chi connectivity index (χ3v) is 6.42. The van der Waals surface area contributed by atoms with Crippen molar-refractivity contribution in [3.63, 3.8) is 0 Å². The molecule has 3 rings (SSSR count). The van der Waals surface area contributed by atoms with E-state index in [-0.39, 0.29) is 0 Å². The summed E-state index contributed by atoms with van der Waals surface area (Å²) in [6, 6.07) is -1.33. The fourth-order valence-corrected chi connectivity index (χ4v) is 4.33. The molecular weight excluding hydrogens is 478 g/mol. The second kappa shape index (κ2) is 11.6.